The zero-order valence-corrected chi connectivity index (χ0v) is 9.67. The predicted molar refractivity (Wildman–Crippen MR) is 62.2 cm³/mol. The van der Waals surface area contributed by atoms with Gasteiger partial charge in [0.2, 0.25) is 0 Å². The summed E-state index contributed by atoms with van der Waals surface area (Å²) < 4.78 is 24.6. The van der Waals surface area contributed by atoms with Crippen LogP contribution in [0.5, 0.6) is 11.5 Å². The van der Waals surface area contributed by atoms with E-state index in [4.69, 9.17) is 9.47 Å². The molecule has 1 aromatic carbocycles. The number of hydrogen-bond donors (Lipinski definition) is 1. The lowest BCUT2D eigenvalue weighted by Gasteiger charge is -2.28. The molecule has 3 nitrogen and oxygen atoms in total. The first-order valence-electron chi connectivity index (χ1n) is 6.15. The Morgan fingerprint density at radius 1 is 1.18 bits per heavy atom. The number of ether oxygens (including phenoxy) is 2. The van der Waals surface area contributed by atoms with Crippen molar-refractivity contribution in [2.45, 2.75) is 18.8 Å². The molecule has 0 saturated carbocycles. The second-order valence-corrected chi connectivity index (χ2v) is 4.54. The summed E-state index contributed by atoms with van der Waals surface area (Å²) in [6.07, 6.45) is 2.27. The molecule has 4 heteroatoms. The van der Waals surface area contributed by atoms with Crippen LogP contribution in [0.2, 0.25) is 0 Å². The van der Waals surface area contributed by atoms with E-state index in [1.165, 1.54) is 6.07 Å². The van der Waals surface area contributed by atoms with Gasteiger partial charge in [-0.05, 0) is 25.5 Å². The van der Waals surface area contributed by atoms with E-state index < -0.39 is 0 Å². The van der Waals surface area contributed by atoms with Gasteiger partial charge in [0.1, 0.15) is 13.2 Å². The zero-order chi connectivity index (χ0) is 11.7. The Balaban J connectivity index is 1.98. The minimum absolute atomic E-state index is 0.291. The van der Waals surface area contributed by atoms with Crippen molar-refractivity contribution in [1.82, 2.24) is 5.32 Å². The Morgan fingerprint density at radius 2 is 2.00 bits per heavy atom. The molecule has 1 N–H and O–H groups in total. The standard InChI is InChI=1S/C13H16FNO2/c14-11-4-3-10(9-2-1-5-15-8-9)12-13(11)17-7-6-16-12/h3-4,9,15H,1-2,5-8H2. The minimum Gasteiger partial charge on any atom is -0.486 e. The van der Waals surface area contributed by atoms with Gasteiger partial charge in [-0.2, -0.15) is 0 Å². The monoisotopic (exact) mass is 237 g/mol. The van der Waals surface area contributed by atoms with Crippen LogP contribution in [0.3, 0.4) is 0 Å². The number of piperidine rings is 1. The van der Waals surface area contributed by atoms with Crippen molar-refractivity contribution in [3.63, 3.8) is 0 Å². The van der Waals surface area contributed by atoms with E-state index in [1.54, 1.807) is 0 Å². The largest absolute Gasteiger partial charge is 0.486 e. The fourth-order valence-corrected chi connectivity index (χ4v) is 2.56. The fraction of sp³-hybridized carbons (Fsp3) is 0.538. The van der Waals surface area contributed by atoms with Crippen LogP contribution in [0.4, 0.5) is 4.39 Å². The van der Waals surface area contributed by atoms with E-state index in [0.29, 0.717) is 30.6 Å². The first-order valence-corrected chi connectivity index (χ1v) is 6.15. The third-order valence-corrected chi connectivity index (χ3v) is 3.41. The van der Waals surface area contributed by atoms with Gasteiger partial charge in [-0.3, -0.25) is 0 Å². The molecule has 1 fully saturated rings. The molecule has 1 atom stereocenters. The molecule has 2 heterocycles. The van der Waals surface area contributed by atoms with Crippen LogP contribution in [-0.4, -0.2) is 26.3 Å². The molecular formula is C13H16FNO2. The van der Waals surface area contributed by atoms with Gasteiger partial charge in [0, 0.05) is 18.0 Å². The molecule has 1 unspecified atom stereocenters. The summed E-state index contributed by atoms with van der Waals surface area (Å²) in [6.45, 7) is 2.93. The molecular weight excluding hydrogens is 221 g/mol. The highest BCUT2D eigenvalue weighted by molar-refractivity contribution is 5.50. The highest BCUT2D eigenvalue weighted by Crippen LogP contribution is 2.41. The molecule has 0 aliphatic carbocycles. The third-order valence-electron chi connectivity index (χ3n) is 3.41. The maximum absolute atomic E-state index is 13.6. The van der Waals surface area contributed by atoms with Gasteiger partial charge in [-0.15, -0.1) is 0 Å². The molecule has 0 aromatic heterocycles. The van der Waals surface area contributed by atoms with E-state index in [-0.39, 0.29) is 5.82 Å². The van der Waals surface area contributed by atoms with Crippen molar-refractivity contribution in [1.29, 1.82) is 0 Å². The molecule has 0 bridgehead atoms. The van der Waals surface area contributed by atoms with Crippen LogP contribution in [0.25, 0.3) is 0 Å². The third kappa shape index (κ3) is 1.97. The molecule has 92 valence electrons. The fourth-order valence-electron chi connectivity index (χ4n) is 2.56. The van der Waals surface area contributed by atoms with E-state index in [2.05, 4.69) is 5.32 Å². The lowest BCUT2D eigenvalue weighted by molar-refractivity contribution is 0.161. The summed E-state index contributed by atoms with van der Waals surface area (Å²) in [6, 6.07) is 3.32. The number of benzene rings is 1. The van der Waals surface area contributed by atoms with Crippen LogP contribution in [0.1, 0.15) is 24.3 Å². The van der Waals surface area contributed by atoms with Crippen molar-refractivity contribution < 1.29 is 13.9 Å². The van der Waals surface area contributed by atoms with Crippen molar-refractivity contribution in [3.05, 3.63) is 23.5 Å². The first-order chi connectivity index (χ1) is 8.36. The molecule has 1 aromatic rings. The Bertz CT molecular complexity index is 416. The normalized spacial score (nSPS) is 23.5. The van der Waals surface area contributed by atoms with Gasteiger partial charge >= 0.3 is 0 Å². The van der Waals surface area contributed by atoms with E-state index in [9.17, 15) is 4.39 Å². The Morgan fingerprint density at radius 3 is 2.76 bits per heavy atom. The van der Waals surface area contributed by atoms with Crippen LogP contribution in [-0.2, 0) is 0 Å². The summed E-state index contributed by atoms with van der Waals surface area (Å²) in [5.74, 6) is 0.983. The van der Waals surface area contributed by atoms with Gasteiger partial charge in [-0.1, -0.05) is 6.07 Å². The van der Waals surface area contributed by atoms with Crippen LogP contribution in [0, 0.1) is 5.82 Å². The topological polar surface area (TPSA) is 30.5 Å². The van der Waals surface area contributed by atoms with Gasteiger partial charge in [0.05, 0.1) is 0 Å². The summed E-state index contributed by atoms with van der Waals surface area (Å²) in [4.78, 5) is 0. The molecule has 2 aliphatic heterocycles. The van der Waals surface area contributed by atoms with Gasteiger partial charge in [0.25, 0.3) is 0 Å². The minimum atomic E-state index is -0.327. The molecule has 1 saturated heterocycles. The van der Waals surface area contributed by atoms with Crippen molar-refractivity contribution in [2.24, 2.45) is 0 Å². The zero-order valence-electron chi connectivity index (χ0n) is 9.67. The molecule has 2 aliphatic rings. The summed E-state index contributed by atoms with van der Waals surface area (Å²) in [5.41, 5.74) is 1.08. The number of fused-ring (bicyclic) bond motifs is 1. The number of halogens is 1. The molecule has 0 spiro atoms. The number of nitrogens with one attached hydrogen (secondary N) is 1. The molecule has 3 rings (SSSR count). The first kappa shape index (κ1) is 10.8. The highest BCUT2D eigenvalue weighted by Gasteiger charge is 2.25. The summed E-state index contributed by atoms with van der Waals surface area (Å²) >= 11 is 0. The number of hydrogen-bond acceptors (Lipinski definition) is 3. The van der Waals surface area contributed by atoms with E-state index >= 15 is 0 Å². The van der Waals surface area contributed by atoms with Crippen molar-refractivity contribution in [2.75, 3.05) is 26.3 Å². The number of rotatable bonds is 1. The lowest BCUT2D eigenvalue weighted by atomic mass is 9.90. The molecule has 0 radical (unpaired) electrons. The van der Waals surface area contributed by atoms with Crippen molar-refractivity contribution in [3.8, 4) is 11.5 Å². The quantitative estimate of drug-likeness (QED) is 0.811. The summed E-state index contributed by atoms with van der Waals surface area (Å²) in [5, 5.41) is 3.36. The summed E-state index contributed by atoms with van der Waals surface area (Å²) in [7, 11) is 0. The van der Waals surface area contributed by atoms with Crippen LogP contribution in [0.15, 0.2) is 12.1 Å². The second-order valence-electron chi connectivity index (χ2n) is 4.54. The lowest BCUT2D eigenvalue weighted by Crippen LogP contribution is -2.29. The van der Waals surface area contributed by atoms with Gasteiger partial charge in [0.15, 0.2) is 17.3 Å². The SMILES string of the molecule is Fc1ccc(C2CCCNC2)c2c1OCCO2. The highest BCUT2D eigenvalue weighted by atomic mass is 19.1. The van der Waals surface area contributed by atoms with Gasteiger partial charge < -0.3 is 14.8 Å². The smallest absolute Gasteiger partial charge is 0.197 e. The second kappa shape index (κ2) is 4.53. The molecule has 0 amide bonds. The Labute approximate surface area is 99.9 Å². The maximum Gasteiger partial charge on any atom is 0.197 e. The van der Waals surface area contributed by atoms with Gasteiger partial charge in [-0.25, -0.2) is 4.39 Å². The van der Waals surface area contributed by atoms with Crippen LogP contribution >= 0.6 is 0 Å². The Hall–Kier alpha value is -1.29. The van der Waals surface area contributed by atoms with E-state index in [1.807, 2.05) is 6.07 Å². The van der Waals surface area contributed by atoms with Crippen LogP contribution < -0.4 is 14.8 Å². The molecule has 17 heavy (non-hydrogen) atoms. The van der Waals surface area contributed by atoms with Crippen molar-refractivity contribution >= 4 is 0 Å². The Kier molecular flexibility index (Phi) is 2.89. The average Bonchev–Trinajstić information content (AvgIpc) is 2.41. The predicted octanol–water partition coefficient (Wildman–Crippen LogP) is 2.06. The average molecular weight is 237 g/mol. The maximum atomic E-state index is 13.6. The van der Waals surface area contributed by atoms with E-state index in [0.717, 1.165) is 31.5 Å².